The van der Waals surface area contributed by atoms with E-state index in [4.69, 9.17) is 5.73 Å². The topological polar surface area (TPSA) is 72.2 Å². The zero-order valence-corrected chi connectivity index (χ0v) is 12.7. The van der Waals surface area contributed by atoms with Gasteiger partial charge in [-0.1, -0.05) is 18.2 Å². The molecule has 1 aromatic rings. The Bertz CT molecular complexity index is 537. The monoisotopic (exact) mass is 300 g/mol. The molecular weight excluding hydrogens is 280 g/mol. The van der Waals surface area contributed by atoms with Crippen molar-refractivity contribution in [3.05, 3.63) is 29.8 Å². The van der Waals surface area contributed by atoms with Crippen molar-refractivity contribution in [3.63, 3.8) is 0 Å². The van der Waals surface area contributed by atoms with Crippen LogP contribution in [0.2, 0.25) is 0 Å². The number of sulfonamides is 1. The predicted octanol–water partition coefficient (Wildman–Crippen LogP) is 1.97. The van der Waals surface area contributed by atoms with Crippen molar-refractivity contribution < 1.29 is 8.42 Å². The van der Waals surface area contributed by atoms with Crippen LogP contribution in [0.3, 0.4) is 0 Å². The normalized spacial score (nSPS) is 23.6. The van der Waals surface area contributed by atoms with Gasteiger partial charge in [-0.05, 0) is 37.1 Å². The number of anilines is 1. The number of nitrogens with one attached hydrogen (secondary N) is 1. The average Bonchev–Trinajstić information content (AvgIpc) is 2.78. The first kappa shape index (κ1) is 14.7. The summed E-state index contributed by atoms with van der Waals surface area (Å²) in [5, 5.41) is 0. The molecule has 1 aliphatic rings. The lowest BCUT2D eigenvalue weighted by Crippen LogP contribution is -2.37. The molecule has 0 saturated carbocycles. The molecule has 19 heavy (non-hydrogen) atoms. The highest BCUT2D eigenvalue weighted by Gasteiger charge is 2.30. The van der Waals surface area contributed by atoms with Gasteiger partial charge in [-0.15, -0.1) is 0 Å². The number of para-hydroxylation sites is 1. The van der Waals surface area contributed by atoms with Crippen LogP contribution in [0.25, 0.3) is 0 Å². The molecule has 4 nitrogen and oxygen atoms in total. The number of hydrogen-bond acceptors (Lipinski definition) is 4. The van der Waals surface area contributed by atoms with Gasteiger partial charge in [0, 0.05) is 17.0 Å². The maximum Gasteiger partial charge on any atom is 0.215 e. The van der Waals surface area contributed by atoms with Crippen LogP contribution in [0, 0.1) is 0 Å². The van der Waals surface area contributed by atoms with Crippen molar-refractivity contribution in [2.45, 2.75) is 30.3 Å². The number of benzene rings is 1. The van der Waals surface area contributed by atoms with Crippen LogP contribution in [-0.2, 0) is 15.8 Å². The zero-order valence-electron chi connectivity index (χ0n) is 11.1. The predicted molar refractivity (Wildman–Crippen MR) is 81.6 cm³/mol. The molecule has 0 aliphatic carbocycles. The van der Waals surface area contributed by atoms with Crippen molar-refractivity contribution >= 4 is 27.5 Å². The minimum Gasteiger partial charge on any atom is -0.398 e. The quantitative estimate of drug-likeness (QED) is 0.816. The highest BCUT2D eigenvalue weighted by atomic mass is 32.2. The van der Waals surface area contributed by atoms with E-state index >= 15 is 0 Å². The van der Waals surface area contributed by atoms with E-state index in [0.29, 0.717) is 17.8 Å². The van der Waals surface area contributed by atoms with Gasteiger partial charge in [0.05, 0.1) is 5.75 Å². The Labute approximate surface area is 119 Å². The number of nitrogens with two attached hydrogens (primary N) is 1. The highest BCUT2D eigenvalue weighted by Crippen LogP contribution is 2.37. The van der Waals surface area contributed by atoms with Crippen molar-refractivity contribution in [2.24, 2.45) is 0 Å². The fourth-order valence-corrected chi connectivity index (χ4v) is 4.81. The largest absolute Gasteiger partial charge is 0.398 e. The van der Waals surface area contributed by atoms with Gasteiger partial charge >= 0.3 is 0 Å². The zero-order chi connectivity index (χ0) is 13.9. The first-order valence-electron chi connectivity index (χ1n) is 6.35. The molecule has 1 unspecified atom stereocenters. The lowest BCUT2D eigenvalue weighted by molar-refractivity contribution is 0.552. The Morgan fingerprint density at radius 1 is 1.42 bits per heavy atom. The second-order valence-electron chi connectivity index (χ2n) is 5.18. The maximum atomic E-state index is 12.1. The lowest BCUT2D eigenvalue weighted by atomic mass is 10.1. The first-order chi connectivity index (χ1) is 8.90. The molecule has 0 spiro atoms. The highest BCUT2D eigenvalue weighted by molar-refractivity contribution is 8.01. The van der Waals surface area contributed by atoms with Gasteiger partial charge in [-0.25, -0.2) is 13.1 Å². The molecule has 1 atom stereocenters. The summed E-state index contributed by atoms with van der Waals surface area (Å²) in [7, 11) is -3.33. The van der Waals surface area contributed by atoms with Gasteiger partial charge in [0.2, 0.25) is 10.0 Å². The molecule has 1 saturated heterocycles. The SMILES string of the molecule is CC1(CNS(=O)(=O)Cc2ccccc2N)CCCS1. The summed E-state index contributed by atoms with van der Waals surface area (Å²) < 4.78 is 26.9. The summed E-state index contributed by atoms with van der Waals surface area (Å²) in [6.45, 7) is 2.61. The van der Waals surface area contributed by atoms with E-state index in [-0.39, 0.29) is 10.5 Å². The molecule has 3 N–H and O–H groups in total. The summed E-state index contributed by atoms with van der Waals surface area (Å²) in [6, 6.07) is 7.07. The number of nitrogen functional groups attached to an aromatic ring is 1. The number of hydrogen-bond donors (Lipinski definition) is 2. The molecule has 6 heteroatoms. The van der Waals surface area contributed by atoms with Crippen molar-refractivity contribution in [1.82, 2.24) is 4.72 Å². The molecule has 2 rings (SSSR count). The summed E-state index contributed by atoms with van der Waals surface area (Å²) in [6.07, 6.45) is 2.22. The summed E-state index contributed by atoms with van der Waals surface area (Å²) in [5.74, 6) is 1.06. The van der Waals surface area contributed by atoms with Gasteiger partial charge in [0.25, 0.3) is 0 Å². The van der Waals surface area contributed by atoms with Crippen LogP contribution in [0.15, 0.2) is 24.3 Å². The van der Waals surface area contributed by atoms with Crippen molar-refractivity contribution in [1.29, 1.82) is 0 Å². The molecule has 1 aliphatic heterocycles. The van der Waals surface area contributed by atoms with Crippen molar-refractivity contribution in [3.8, 4) is 0 Å². The number of rotatable bonds is 5. The van der Waals surface area contributed by atoms with E-state index in [9.17, 15) is 8.42 Å². The van der Waals surface area contributed by atoms with E-state index < -0.39 is 10.0 Å². The van der Waals surface area contributed by atoms with E-state index in [2.05, 4.69) is 11.6 Å². The third kappa shape index (κ3) is 4.12. The van der Waals surface area contributed by atoms with E-state index in [1.807, 2.05) is 11.8 Å². The molecule has 0 radical (unpaired) electrons. The van der Waals surface area contributed by atoms with Gasteiger partial charge < -0.3 is 5.73 Å². The maximum absolute atomic E-state index is 12.1. The van der Waals surface area contributed by atoms with Crippen LogP contribution >= 0.6 is 11.8 Å². The minimum absolute atomic E-state index is 0.0370. The summed E-state index contributed by atoms with van der Waals surface area (Å²) in [4.78, 5) is 0. The van der Waals surface area contributed by atoms with Crippen LogP contribution in [0.1, 0.15) is 25.3 Å². The minimum atomic E-state index is -3.33. The number of thioether (sulfide) groups is 1. The molecule has 106 valence electrons. The second-order valence-corrected chi connectivity index (χ2v) is 8.67. The Morgan fingerprint density at radius 3 is 2.79 bits per heavy atom. The third-order valence-corrected chi connectivity index (χ3v) is 6.18. The second kappa shape index (κ2) is 5.73. The lowest BCUT2D eigenvalue weighted by Gasteiger charge is -2.22. The summed E-state index contributed by atoms with van der Waals surface area (Å²) in [5.41, 5.74) is 6.95. The van der Waals surface area contributed by atoms with E-state index in [1.54, 1.807) is 24.3 Å². The molecule has 0 bridgehead atoms. The molecule has 1 aromatic carbocycles. The molecule has 0 amide bonds. The summed E-state index contributed by atoms with van der Waals surface area (Å²) >= 11 is 1.84. The smallest absolute Gasteiger partial charge is 0.215 e. The van der Waals surface area contributed by atoms with Crippen LogP contribution < -0.4 is 10.5 Å². The van der Waals surface area contributed by atoms with Crippen molar-refractivity contribution in [2.75, 3.05) is 18.0 Å². The fourth-order valence-electron chi connectivity index (χ4n) is 2.16. The third-order valence-electron chi connectivity index (χ3n) is 3.37. The van der Waals surface area contributed by atoms with E-state index in [1.165, 1.54) is 0 Å². The Hall–Kier alpha value is -0.720. The van der Waals surface area contributed by atoms with Gasteiger partial charge in [0.15, 0.2) is 0 Å². The first-order valence-corrected chi connectivity index (χ1v) is 8.99. The van der Waals surface area contributed by atoms with Gasteiger partial charge in [0.1, 0.15) is 0 Å². The average molecular weight is 300 g/mol. The molecule has 1 heterocycles. The Balaban J connectivity index is 1.97. The van der Waals surface area contributed by atoms with Crippen LogP contribution in [0.5, 0.6) is 0 Å². The Kier molecular flexibility index (Phi) is 4.43. The molecule has 1 fully saturated rings. The van der Waals surface area contributed by atoms with E-state index in [0.717, 1.165) is 18.6 Å². The van der Waals surface area contributed by atoms with Gasteiger partial charge in [-0.2, -0.15) is 11.8 Å². The van der Waals surface area contributed by atoms with Crippen LogP contribution in [0.4, 0.5) is 5.69 Å². The fraction of sp³-hybridized carbons (Fsp3) is 0.538. The van der Waals surface area contributed by atoms with Gasteiger partial charge in [-0.3, -0.25) is 0 Å². The Morgan fingerprint density at radius 2 is 2.16 bits per heavy atom. The molecule has 0 aromatic heterocycles. The van der Waals surface area contributed by atoms with Crippen LogP contribution in [-0.4, -0.2) is 25.5 Å². The molecular formula is C13H20N2O2S2. The standard InChI is InChI=1S/C13H20N2O2S2/c1-13(7-4-8-18-13)10-15-19(16,17)9-11-5-2-3-6-12(11)14/h2-3,5-6,15H,4,7-10,14H2,1H3.